The van der Waals surface area contributed by atoms with Gasteiger partial charge in [-0.25, -0.2) is 18.4 Å². The molecule has 0 N–H and O–H groups in total. The van der Waals surface area contributed by atoms with Crippen molar-refractivity contribution in [1.82, 2.24) is 14.5 Å². The fourth-order valence-corrected chi connectivity index (χ4v) is 5.16. The standard InChI is InChI=1S/C29H24F3N3O4S/c1-17-16-35(18(2)33-17)26-13-10-22(21-6-5-7-24(14-21)40(4,36)37)15-25(26)27-28(38-19(3)34-27)20-8-11-23(12-9-20)39-29(30,31)32/h5-16H,1-4H3. The van der Waals surface area contributed by atoms with Crippen molar-refractivity contribution in [3.63, 3.8) is 0 Å². The van der Waals surface area contributed by atoms with Crippen LogP contribution in [0.4, 0.5) is 13.2 Å². The van der Waals surface area contributed by atoms with Crippen LogP contribution in [-0.2, 0) is 9.84 Å². The maximum atomic E-state index is 12.7. The highest BCUT2D eigenvalue weighted by molar-refractivity contribution is 7.90. The van der Waals surface area contributed by atoms with Crippen LogP contribution >= 0.6 is 0 Å². The van der Waals surface area contributed by atoms with Gasteiger partial charge in [-0.2, -0.15) is 0 Å². The summed E-state index contributed by atoms with van der Waals surface area (Å²) in [5.41, 5.74) is 4.59. The van der Waals surface area contributed by atoms with E-state index in [1.807, 2.05) is 48.9 Å². The number of sulfone groups is 1. The molecular formula is C29H24F3N3O4S. The third-order valence-electron chi connectivity index (χ3n) is 6.19. The third-order valence-corrected chi connectivity index (χ3v) is 7.30. The summed E-state index contributed by atoms with van der Waals surface area (Å²) in [5.74, 6) is 1.09. The number of aryl methyl sites for hydroxylation is 3. The number of benzene rings is 3. The van der Waals surface area contributed by atoms with Crippen LogP contribution < -0.4 is 4.74 Å². The van der Waals surface area contributed by atoms with Crippen molar-refractivity contribution in [2.75, 3.05) is 6.26 Å². The number of rotatable bonds is 6. The Hall–Kier alpha value is -4.38. The molecule has 0 saturated carbocycles. The van der Waals surface area contributed by atoms with E-state index in [0.717, 1.165) is 29.0 Å². The predicted octanol–water partition coefficient (Wildman–Crippen LogP) is 7.09. The molecule has 0 amide bonds. The number of alkyl halides is 3. The topological polar surface area (TPSA) is 87.2 Å². The van der Waals surface area contributed by atoms with Crippen molar-refractivity contribution in [3.05, 3.63) is 90.3 Å². The lowest BCUT2D eigenvalue weighted by Crippen LogP contribution is -2.16. The fraction of sp³-hybridized carbons (Fsp3) is 0.172. The van der Waals surface area contributed by atoms with Crippen LogP contribution in [0.5, 0.6) is 5.75 Å². The number of imidazole rings is 1. The lowest BCUT2D eigenvalue weighted by molar-refractivity contribution is -0.274. The Morgan fingerprint density at radius 3 is 2.17 bits per heavy atom. The monoisotopic (exact) mass is 567 g/mol. The molecule has 0 saturated heterocycles. The molecule has 0 atom stereocenters. The number of halogens is 3. The van der Waals surface area contributed by atoms with Gasteiger partial charge in [-0.05, 0) is 73.5 Å². The van der Waals surface area contributed by atoms with Crippen LogP contribution in [-0.4, -0.2) is 35.6 Å². The second-order valence-corrected chi connectivity index (χ2v) is 11.3. The van der Waals surface area contributed by atoms with Gasteiger partial charge in [0.1, 0.15) is 17.3 Å². The normalized spacial score (nSPS) is 12.1. The maximum absolute atomic E-state index is 12.7. The van der Waals surface area contributed by atoms with Crippen molar-refractivity contribution in [2.24, 2.45) is 0 Å². The second kappa shape index (κ2) is 9.98. The number of nitrogens with zero attached hydrogens (tertiary/aromatic N) is 3. The van der Waals surface area contributed by atoms with Gasteiger partial charge in [0.25, 0.3) is 0 Å². The molecule has 40 heavy (non-hydrogen) atoms. The van der Waals surface area contributed by atoms with Gasteiger partial charge in [0.15, 0.2) is 21.5 Å². The van der Waals surface area contributed by atoms with Crippen molar-refractivity contribution in [2.45, 2.75) is 32.0 Å². The molecule has 0 unspecified atom stereocenters. The first kappa shape index (κ1) is 27.2. The third kappa shape index (κ3) is 5.64. The van der Waals surface area contributed by atoms with Crippen LogP contribution in [0.1, 0.15) is 17.4 Å². The number of oxazole rings is 1. The molecule has 0 spiro atoms. The van der Waals surface area contributed by atoms with E-state index in [-0.39, 0.29) is 10.6 Å². The Morgan fingerprint density at radius 1 is 0.875 bits per heavy atom. The van der Waals surface area contributed by atoms with Crippen molar-refractivity contribution < 1.29 is 30.7 Å². The molecule has 0 aliphatic carbocycles. The van der Waals surface area contributed by atoms with Gasteiger partial charge < -0.3 is 13.7 Å². The first-order valence-corrected chi connectivity index (χ1v) is 14.0. The minimum atomic E-state index is -4.81. The average molecular weight is 568 g/mol. The van der Waals surface area contributed by atoms with Crippen LogP contribution in [0.25, 0.3) is 39.4 Å². The Morgan fingerprint density at radius 2 is 1.55 bits per heavy atom. The zero-order valence-electron chi connectivity index (χ0n) is 21.9. The summed E-state index contributed by atoms with van der Waals surface area (Å²) >= 11 is 0. The SMILES string of the molecule is Cc1cn(-c2ccc(-c3cccc(S(C)(=O)=O)c3)cc2-c2nc(C)oc2-c2ccc(OC(F)(F)F)cc2)c(C)n1. The molecule has 11 heteroatoms. The smallest absolute Gasteiger partial charge is 0.440 e. The van der Waals surface area contributed by atoms with E-state index in [0.29, 0.717) is 34.0 Å². The Kier molecular flexibility index (Phi) is 6.79. The number of aromatic nitrogens is 3. The van der Waals surface area contributed by atoms with Crippen molar-refractivity contribution >= 4 is 9.84 Å². The van der Waals surface area contributed by atoms with E-state index in [1.165, 1.54) is 30.3 Å². The lowest BCUT2D eigenvalue weighted by atomic mass is 9.98. The minimum Gasteiger partial charge on any atom is -0.440 e. The molecule has 0 bridgehead atoms. The largest absolute Gasteiger partial charge is 0.573 e. The van der Waals surface area contributed by atoms with Gasteiger partial charge in [-0.3, -0.25) is 0 Å². The second-order valence-electron chi connectivity index (χ2n) is 9.31. The molecule has 0 aliphatic rings. The quantitative estimate of drug-likeness (QED) is 0.218. The van der Waals surface area contributed by atoms with Gasteiger partial charge in [-0.1, -0.05) is 18.2 Å². The molecule has 2 heterocycles. The van der Waals surface area contributed by atoms with Gasteiger partial charge >= 0.3 is 6.36 Å². The molecule has 5 rings (SSSR count). The molecule has 0 aliphatic heterocycles. The summed E-state index contributed by atoms with van der Waals surface area (Å²) in [4.78, 5) is 9.35. The van der Waals surface area contributed by atoms with E-state index >= 15 is 0 Å². The van der Waals surface area contributed by atoms with Crippen molar-refractivity contribution in [3.8, 4) is 45.1 Å². The molecular weight excluding hydrogens is 543 g/mol. The maximum Gasteiger partial charge on any atom is 0.573 e. The van der Waals surface area contributed by atoms with Crippen LogP contribution in [0, 0.1) is 20.8 Å². The van der Waals surface area contributed by atoms with Crippen LogP contribution in [0.15, 0.2) is 82.2 Å². The zero-order chi connectivity index (χ0) is 28.8. The highest BCUT2D eigenvalue weighted by Crippen LogP contribution is 2.39. The average Bonchev–Trinajstić information content (AvgIpc) is 3.43. The molecule has 5 aromatic rings. The summed E-state index contributed by atoms with van der Waals surface area (Å²) in [6.07, 6.45) is -1.77. The van der Waals surface area contributed by atoms with Crippen LogP contribution in [0.2, 0.25) is 0 Å². The first-order chi connectivity index (χ1) is 18.8. The molecule has 0 radical (unpaired) electrons. The fourth-order valence-electron chi connectivity index (χ4n) is 4.50. The van der Waals surface area contributed by atoms with E-state index in [2.05, 4.69) is 14.7 Å². The Bertz CT molecular complexity index is 1820. The van der Waals surface area contributed by atoms with E-state index < -0.39 is 16.2 Å². The highest BCUT2D eigenvalue weighted by Gasteiger charge is 2.31. The lowest BCUT2D eigenvalue weighted by Gasteiger charge is -2.14. The number of hydrogen-bond donors (Lipinski definition) is 0. The molecule has 3 aromatic carbocycles. The van der Waals surface area contributed by atoms with Gasteiger partial charge in [0, 0.05) is 30.5 Å². The van der Waals surface area contributed by atoms with Gasteiger partial charge in [-0.15, -0.1) is 13.2 Å². The molecule has 7 nitrogen and oxygen atoms in total. The molecule has 0 fully saturated rings. The summed E-state index contributed by atoms with van der Waals surface area (Å²) in [6.45, 7) is 5.43. The highest BCUT2D eigenvalue weighted by atomic mass is 32.2. The van der Waals surface area contributed by atoms with Crippen LogP contribution in [0.3, 0.4) is 0 Å². The van der Waals surface area contributed by atoms with E-state index in [1.54, 1.807) is 19.1 Å². The van der Waals surface area contributed by atoms with Crippen molar-refractivity contribution in [1.29, 1.82) is 0 Å². The number of ether oxygens (including phenoxy) is 1. The summed E-state index contributed by atoms with van der Waals surface area (Å²) in [7, 11) is -3.42. The molecule has 2 aromatic heterocycles. The van der Waals surface area contributed by atoms with Gasteiger partial charge in [0.05, 0.1) is 16.3 Å². The zero-order valence-corrected chi connectivity index (χ0v) is 22.8. The Labute approximate surface area is 228 Å². The first-order valence-electron chi connectivity index (χ1n) is 12.1. The van der Waals surface area contributed by atoms with E-state index in [4.69, 9.17) is 4.42 Å². The summed E-state index contributed by atoms with van der Waals surface area (Å²) in [5, 5.41) is 0. The Balaban J connectivity index is 1.70. The summed E-state index contributed by atoms with van der Waals surface area (Å²) in [6, 6.07) is 17.6. The number of hydrogen-bond acceptors (Lipinski definition) is 6. The predicted molar refractivity (Wildman–Crippen MR) is 144 cm³/mol. The minimum absolute atomic E-state index is 0.191. The van der Waals surface area contributed by atoms with Gasteiger partial charge in [0.2, 0.25) is 0 Å². The summed E-state index contributed by atoms with van der Waals surface area (Å²) < 4.78 is 74.2. The van der Waals surface area contributed by atoms with E-state index in [9.17, 15) is 21.6 Å². The molecule has 206 valence electrons.